The van der Waals surface area contributed by atoms with Gasteiger partial charge in [0.05, 0.1) is 0 Å². The summed E-state index contributed by atoms with van der Waals surface area (Å²) in [5.41, 5.74) is 0.345. The van der Waals surface area contributed by atoms with E-state index < -0.39 is 0 Å². The summed E-state index contributed by atoms with van der Waals surface area (Å²) in [6, 6.07) is 4.87. The van der Waals surface area contributed by atoms with Gasteiger partial charge in [0.1, 0.15) is 0 Å². The molecule has 0 aliphatic rings. The molecule has 0 saturated heterocycles. The fourth-order valence-electron chi connectivity index (χ4n) is 1.89. The van der Waals surface area contributed by atoms with E-state index in [2.05, 4.69) is 21.1 Å². The molecular formula is C6H3B21BrNO2. The average Bonchev–Trinajstić information content (AvgIpc) is 2.78. The molecule has 31 heavy (non-hydrogen) atoms. The molecule has 0 aliphatic carbocycles. The van der Waals surface area contributed by atoms with Gasteiger partial charge in [-0.05, 0) is 0 Å². The Balaban J connectivity index is 2.24. The van der Waals surface area contributed by atoms with E-state index in [4.69, 9.17) is 12.4 Å². The molecule has 0 heterocycles. The molecule has 0 amide bonds. The predicted molar refractivity (Wildman–Crippen MR) is 161 cm³/mol. The van der Waals surface area contributed by atoms with Crippen molar-refractivity contribution in [1.29, 1.82) is 0 Å². The van der Waals surface area contributed by atoms with Crippen molar-refractivity contribution in [3.05, 3.63) is 27.6 Å². The average molecular weight is 428 g/mol. The van der Waals surface area contributed by atoms with Crippen molar-refractivity contribution in [3.63, 3.8) is 0 Å². The Morgan fingerprint density at radius 1 is 0.677 bits per heavy atom. The van der Waals surface area contributed by atoms with E-state index in [1.807, 2.05) is 107 Å². The van der Waals surface area contributed by atoms with E-state index >= 15 is 0 Å². The summed E-state index contributed by atoms with van der Waals surface area (Å²) in [6.07, 6.45) is 0. The van der Waals surface area contributed by atoms with E-state index in [9.17, 15) is 4.91 Å². The van der Waals surface area contributed by atoms with Gasteiger partial charge < -0.3 is 0 Å². The van der Waals surface area contributed by atoms with Crippen LogP contribution in [0.15, 0.2) is 27.8 Å². The molecule has 0 aliphatic heterocycles. The normalized spacial score (nSPS) is 8.42. The van der Waals surface area contributed by atoms with Crippen LogP contribution in [0.5, 0.6) is 5.75 Å². The molecular weight excluding hydrogens is 425 g/mol. The van der Waals surface area contributed by atoms with Crippen LogP contribution in [-0.2, 0) is 0 Å². The van der Waals surface area contributed by atoms with E-state index in [0.29, 0.717) is 15.9 Å². The first-order valence-electron chi connectivity index (χ1n) is 9.44. The summed E-state index contributed by atoms with van der Waals surface area (Å²) in [4.78, 5) is 10.5. The second-order valence-corrected chi connectivity index (χ2v) is 6.47. The van der Waals surface area contributed by atoms with Gasteiger partial charge in [-0.2, -0.15) is 0 Å². The summed E-state index contributed by atoms with van der Waals surface area (Å²) in [5.74, 6) is 0.608. The third kappa shape index (κ3) is 17.6. The minimum atomic E-state index is 0.345. The molecule has 1 aromatic carbocycles. The van der Waals surface area contributed by atoms with Crippen molar-refractivity contribution in [2.45, 2.75) is 0 Å². The van der Waals surface area contributed by atoms with E-state index in [-0.39, 0.29) is 0 Å². The predicted octanol–water partition coefficient (Wildman–Crippen LogP) is -5.31. The Bertz CT molecular complexity index is 976. The minimum absolute atomic E-state index is 0.345. The molecule has 114 valence electrons. The summed E-state index contributed by atoms with van der Waals surface area (Å²) in [5, 5.41) is 2.87. The van der Waals surface area contributed by atoms with Crippen molar-refractivity contribution < 1.29 is 4.65 Å². The molecule has 2 radical (unpaired) electrons. The standard InChI is InChI=1S/C6H3B21BrNO2/c7-8-9-10-11-12-13-14-15-16-17-18-19-20-21-22-23-24-25-26-27-31-6-2-1-4(29-30)3-5(6)28/h1-3H. The first kappa shape index (κ1) is 29.5. The maximum absolute atomic E-state index is 10.5. The summed E-state index contributed by atoms with van der Waals surface area (Å²) < 4.78 is 6.15. The molecule has 0 unspecified atom stereocenters. The van der Waals surface area contributed by atoms with Crippen LogP contribution in [0.3, 0.4) is 0 Å². The topological polar surface area (TPSA) is 38.7 Å². The Hall–Kier alpha value is 0.464. The van der Waals surface area contributed by atoms with Gasteiger partial charge in [0.15, 0.2) is 0 Å². The molecule has 1 rings (SSSR count). The third-order valence-corrected chi connectivity index (χ3v) is 3.91. The van der Waals surface area contributed by atoms with Gasteiger partial charge in [-0.25, -0.2) is 0 Å². The molecule has 0 bridgehead atoms. The zero-order valence-electron chi connectivity index (χ0n) is 17.0. The summed E-state index contributed by atoms with van der Waals surface area (Å²) in [7, 11) is 6.78. The van der Waals surface area contributed by atoms with E-state index in [1.165, 1.54) is 6.69 Å². The Morgan fingerprint density at radius 3 is 1.48 bits per heavy atom. The third-order valence-electron chi connectivity index (χ3n) is 3.29. The van der Waals surface area contributed by atoms with Crippen LogP contribution in [0.25, 0.3) is 0 Å². The van der Waals surface area contributed by atoms with Crippen LogP contribution >= 0.6 is 15.9 Å². The van der Waals surface area contributed by atoms with Gasteiger partial charge in [-0.1, -0.05) is 0 Å². The molecule has 1 aromatic rings. The van der Waals surface area contributed by atoms with Crippen molar-refractivity contribution in [2.75, 3.05) is 0 Å². The Labute approximate surface area is 205 Å². The van der Waals surface area contributed by atoms with Crippen molar-refractivity contribution in [3.8, 4) is 5.75 Å². The van der Waals surface area contributed by atoms with Crippen LogP contribution in [0.2, 0.25) is 0 Å². The second kappa shape index (κ2) is 22.3. The van der Waals surface area contributed by atoms with Crippen LogP contribution in [0, 0.1) is 4.91 Å². The van der Waals surface area contributed by atoms with E-state index in [1.54, 1.807) is 38.6 Å². The number of rotatable bonds is 12. The molecule has 0 saturated carbocycles. The monoisotopic (exact) mass is 431 g/mol. The fraction of sp³-hybridized carbons (Fsp3) is 0. The quantitative estimate of drug-likeness (QED) is 0.247. The van der Waals surface area contributed by atoms with Crippen LogP contribution in [0.4, 0.5) is 5.69 Å². The number of hydrogen-bond donors (Lipinski definition) is 0. The molecule has 0 fully saturated rings. The first-order valence-corrected chi connectivity index (χ1v) is 10.2. The molecule has 3 nitrogen and oxygen atoms in total. The molecule has 0 spiro atoms. The summed E-state index contributed by atoms with van der Waals surface area (Å²) in [6.45, 7) is 35.9. The van der Waals surface area contributed by atoms with Crippen LogP contribution < -0.4 is 4.65 Å². The number of benzene rings is 1. The molecule has 0 N–H and O–H groups in total. The maximum atomic E-state index is 10.5. The van der Waals surface area contributed by atoms with E-state index in [0.717, 1.165) is 0 Å². The first-order chi connectivity index (χ1) is 15.3. The number of nitroso groups, excluding NO2 is 1. The fourth-order valence-corrected chi connectivity index (χ4v) is 2.35. The number of halogens is 1. The van der Waals surface area contributed by atoms with Crippen molar-refractivity contribution >= 4 is 164 Å². The molecule has 0 aromatic heterocycles. The van der Waals surface area contributed by atoms with Gasteiger partial charge in [0.25, 0.3) is 0 Å². The van der Waals surface area contributed by atoms with Gasteiger partial charge in [0, 0.05) is 0 Å². The Kier molecular flexibility index (Phi) is 21.2. The summed E-state index contributed by atoms with van der Waals surface area (Å²) >= 11 is 3.33. The molecule has 25 heteroatoms. The zero-order chi connectivity index (χ0) is 22.4. The van der Waals surface area contributed by atoms with Gasteiger partial charge in [-0.3, -0.25) is 0 Å². The molecule has 0 atom stereocenters. The Morgan fingerprint density at radius 2 is 1.10 bits per heavy atom. The van der Waals surface area contributed by atoms with Gasteiger partial charge >= 0.3 is 207 Å². The van der Waals surface area contributed by atoms with Crippen molar-refractivity contribution in [2.24, 2.45) is 5.18 Å². The number of hydrogen-bond acceptors (Lipinski definition) is 3. The van der Waals surface area contributed by atoms with Gasteiger partial charge in [0.2, 0.25) is 0 Å². The SMILES string of the molecule is [B]B=BB=BB=BB=BB=BB=BB=BB=BB=BB=BOc1ccc(N=O)cc1Br. The van der Waals surface area contributed by atoms with Crippen molar-refractivity contribution in [1.82, 2.24) is 0 Å². The van der Waals surface area contributed by atoms with Gasteiger partial charge in [-0.15, -0.1) is 0 Å². The number of nitrogens with zero attached hydrogens (tertiary/aromatic N) is 1. The zero-order valence-corrected chi connectivity index (χ0v) is 18.6. The second-order valence-electron chi connectivity index (χ2n) is 5.62. The van der Waals surface area contributed by atoms with Crippen LogP contribution in [-0.4, -0.2) is 142 Å². The van der Waals surface area contributed by atoms with Crippen LogP contribution in [0.1, 0.15) is 0 Å².